The second-order valence-corrected chi connectivity index (χ2v) is 7.18. The maximum absolute atomic E-state index is 9.84. The summed E-state index contributed by atoms with van der Waals surface area (Å²) in [6.45, 7) is 9.00. The Morgan fingerprint density at radius 3 is 2.69 bits per heavy atom. The van der Waals surface area contributed by atoms with Gasteiger partial charge in [-0.15, -0.1) is 0 Å². The van der Waals surface area contributed by atoms with Gasteiger partial charge >= 0.3 is 0 Å². The van der Waals surface area contributed by atoms with E-state index in [-0.39, 0.29) is 6.10 Å². The van der Waals surface area contributed by atoms with Crippen molar-refractivity contribution >= 4 is 34.3 Å². The van der Waals surface area contributed by atoms with Gasteiger partial charge in [-0.1, -0.05) is 23.7 Å². The quantitative estimate of drug-likeness (QED) is 0.451. The standard InChI is InChI=1S/C23H24ClN3O2/c1-5-27-20-10-8-7-9-19(20)26-23(27)17(14-25)11-16-12-18(24)22(29-15(3)4)21(13-16)28-6-2/h7-13,15H,5-6H2,1-4H3/b17-11-. The second kappa shape index (κ2) is 9.02. The van der Waals surface area contributed by atoms with Gasteiger partial charge in [-0.3, -0.25) is 0 Å². The number of imidazole rings is 1. The van der Waals surface area contributed by atoms with E-state index in [4.69, 9.17) is 21.1 Å². The average molecular weight is 410 g/mol. The highest BCUT2D eigenvalue weighted by atomic mass is 35.5. The zero-order valence-corrected chi connectivity index (χ0v) is 17.8. The largest absolute Gasteiger partial charge is 0.490 e. The van der Waals surface area contributed by atoms with Crippen molar-refractivity contribution in [1.29, 1.82) is 5.26 Å². The van der Waals surface area contributed by atoms with Crippen molar-refractivity contribution in [2.24, 2.45) is 0 Å². The predicted octanol–water partition coefficient (Wildman–Crippen LogP) is 5.96. The van der Waals surface area contributed by atoms with Crippen LogP contribution in [-0.4, -0.2) is 22.3 Å². The summed E-state index contributed by atoms with van der Waals surface area (Å²) in [7, 11) is 0. The van der Waals surface area contributed by atoms with Gasteiger partial charge in [-0.05, 0) is 63.6 Å². The van der Waals surface area contributed by atoms with E-state index in [2.05, 4.69) is 11.1 Å². The fraction of sp³-hybridized carbons (Fsp3) is 0.304. The van der Waals surface area contributed by atoms with Crippen molar-refractivity contribution in [2.75, 3.05) is 6.61 Å². The Kier molecular flexibility index (Phi) is 6.46. The molecule has 0 unspecified atom stereocenters. The average Bonchev–Trinajstić information content (AvgIpc) is 3.07. The first-order chi connectivity index (χ1) is 14.0. The topological polar surface area (TPSA) is 60.1 Å². The molecule has 6 heteroatoms. The lowest BCUT2D eigenvalue weighted by molar-refractivity contribution is 0.224. The Morgan fingerprint density at radius 1 is 1.28 bits per heavy atom. The number of hydrogen-bond acceptors (Lipinski definition) is 4. The van der Waals surface area contributed by atoms with Crippen LogP contribution in [-0.2, 0) is 6.54 Å². The lowest BCUT2D eigenvalue weighted by atomic mass is 10.1. The molecule has 0 saturated heterocycles. The summed E-state index contributed by atoms with van der Waals surface area (Å²) in [5.41, 5.74) is 3.07. The van der Waals surface area contributed by atoms with Crippen molar-refractivity contribution in [3.05, 3.63) is 52.8 Å². The highest BCUT2D eigenvalue weighted by molar-refractivity contribution is 6.32. The fourth-order valence-electron chi connectivity index (χ4n) is 3.20. The number of aromatic nitrogens is 2. The molecule has 150 valence electrons. The highest BCUT2D eigenvalue weighted by Gasteiger charge is 2.16. The van der Waals surface area contributed by atoms with Crippen LogP contribution in [0.25, 0.3) is 22.7 Å². The molecule has 1 heterocycles. The van der Waals surface area contributed by atoms with Gasteiger partial charge in [0, 0.05) is 6.54 Å². The van der Waals surface area contributed by atoms with Crippen LogP contribution in [0.15, 0.2) is 36.4 Å². The summed E-state index contributed by atoms with van der Waals surface area (Å²) in [6, 6.07) is 13.8. The number of halogens is 1. The number of benzene rings is 2. The van der Waals surface area contributed by atoms with E-state index >= 15 is 0 Å². The normalized spacial score (nSPS) is 11.7. The van der Waals surface area contributed by atoms with E-state index < -0.39 is 0 Å². The number of aryl methyl sites for hydroxylation is 1. The van der Waals surface area contributed by atoms with Crippen molar-refractivity contribution < 1.29 is 9.47 Å². The molecular formula is C23H24ClN3O2. The molecule has 3 rings (SSSR count). The summed E-state index contributed by atoms with van der Waals surface area (Å²) in [5, 5.41) is 10.3. The van der Waals surface area contributed by atoms with Gasteiger partial charge in [-0.2, -0.15) is 5.26 Å². The molecule has 1 aromatic heterocycles. The molecule has 5 nitrogen and oxygen atoms in total. The predicted molar refractivity (Wildman–Crippen MR) is 117 cm³/mol. The van der Waals surface area contributed by atoms with E-state index in [1.165, 1.54) is 0 Å². The molecule has 0 radical (unpaired) electrons. The van der Waals surface area contributed by atoms with Crippen molar-refractivity contribution in [2.45, 2.75) is 40.3 Å². The maximum atomic E-state index is 9.84. The van der Waals surface area contributed by atoms with Crippen LogP contribution in [0.4, 0.5) is 0 Å². The van der Waals surface area contributed by atoms with Crippen molar-refractivity contribution in [1.82, 2.24) is 9.55 Å². The lowest BCUT2D eigenvalue weighted by Gasteiger charge is -2.16. The van der Waals surface area contributed by atoms with E-state index in [1.54, 1.807) is 12.1 Å². The molecule has 0 aliphatic rings. The summed E-state index contributed by atoms with van der Waals surface area (Å²) in [5.74, 6) is 1.70. The van der Waals surface area contributed by atoms with Gasteiger partial charge in [0.05, 0.1) is 34.3 Å². The van der Waals surface area contributed by atoms with Gasteiger partial charge in [0.2, 0.25) is 0 Å². The fourth-order valence-corrected chi connectivity index (χ4v) is 3.46. The Labute approximate surface area is 176 Å². The summed E-state index contributed by atoms with van der Waals surface area (Å²) < 4.78 is 13.6. The molecule has 0 spiro atoms. The first-order valence-corrected chi connectivity index (χ1v) is 10.1. The van der Waals surface area contributed by atoms with Crippen LogP contribution in [0.2, 0.25) is 5.02 Å². The summed E-state index contributed by atoms with van der Waals surface area (Å²) in [6.07, 6.45) is 1.74. The van der Waals surface area contributed by atoms with Gasteiger partial charge in [0.25, 0.3) is 0 Å². The van der Waals surface area contributed by atoms with Gasteiger partial charge in [0.15, 0.2) is 17.3 Å². The van der Waals surface area contributed by atoms with Crippen molar-refractivity contribution in [3.8, 4) is 17.6 Å². The molecule has 0 fully saturated rings. The Bertz CT molecular complexity index is 1090. The smallest absolute Gasteiger partial charge is 0.180 e. The van der Waals surface area contributed by atoms with Crippen LogP contribution >= 0.6 is 11.6 Å². The molecule has 0 N–H and O–H groups in total. The molecule has 3 aromatic rings. The number of rotatable bonds is 7. The zero-order chi connectivity index (χ0) is 21.0. The molecule has 2 aromatic carbocycles. The molecule has 0 amide bonds. The molecule has 0 aliphatic carbocycles. The molecule has 0 bridgehead atoms. The van der Waals surface area contributed by atoms with E-state index in [1.807, 2.05) is 62.6 Å². The number of nitrogens with zero attached hydrogens (tertiary/aromatic N) is 3. The Morgan fingerprint density at radius 2 is 2.03 bits per heavy atom. The molecule has 0 saturated carbocycles. The summed E-state index contributed by atoms with van der Waals surface area (Å²) in [4.78, 5) is 4.67. The minimum atomic E-state index is -0.0350. The van der Waals surface area contributed by atoms with Crippen LogP contribution < -0.4 is 9.47 Å². The maximum Gasteiger partial charge on any atom is 0.180 e. The van der Waals surface area contributed by atoms with Gasteiger partial charge < -0.3 is 14.0 Å². The molecule has 29 heavy (non-hydrogen) atoms. The number of fused-ring (bicyclic) bond motifs is 1. The molecule has 0 atom stereocenters. The third-order valence-corrected chi connectivity index (χ3v) is 4.61. The summed E-state index contributed by atoms with van der Waals surface area (Å²) >= 11 is 6.47. The van der Waals surface area contributed by atoms with Gasteiger partial charge in [0.1, 0.15) is 6.07 Å². The minimum absolute atomic E-state index is 0.0350. The van der Waals surface area contributed by atoms with Crippen LogP contribution in [0.5, 0.6) is 11.5 Å². The number of para-hydroxylation sites is 2. The van der Waals surface area contributed by atoms with E-state index in [0.29, 0.717) is 41.1 Å². The monoisotopic (exact) mass is 409 g/mol. The highest BCUT2D eigenvalue weighted by Crippen LogP contribution is 2.38. The Balaban J connectivity index is 2.12. The van der Waals surface area contributed by atoms with Crippen LogP contribution in [0.3, 0.4) is 0 Å². The van der Waals surface area contributed by atoms with E-state index in [0.717, 1.165) is 16.6 Å². The number of ether oxygens (including phenoxy) is 2. The number of nitriles is 1. The van der Waals surface area contributed by atoms with Crippen LogP contribution in [0.1, 0.15) is 39.1 Å². The third kappa shape index (κ3) is 4.38. The van der Waals surface area contributed by atoms with Gasteiger partial charge in [-0.25, -0.2) is 4.98 Å². The first kappa shape index (κ1) is 20.8. The van der Waals surface area contributed by atoms with Crippen LogP contribution in [0, 0.1) is 11.3 Å². The zero-order valence-electron chi connectivity index (χ0n) is 17.1. The first-order valence-electron chi connectivity index (χ1n) is 9.68. The Hall–Kier alpha value is -2.97. The lowest BCUT2D eigenvalue weighted by Crippen LogP contribution is -2.08. The second-order valence-electron chi connectivity index (χ2n) is 6.77. The number of allylic oxidation sites excluding steroid dienone is 1. The number of hydrogen-bond donors (Lipinski definition) is 0. The SMILES string of the molecule is CCOc1cc(/C=C(/C#N)c2nc3ccccc3n2CC)cc(Cl)c1OC(C)C. The molecule has 0 aliphatic heterocycles. The minimum Gasteiger partial charge on any atom is -0.490 e. The van der Waals surface area contributed by atoms with E-state index in [9.17, 15) is 5.26 Å². The third-order valence-electron chi connectivity index (χ3n) is 4.33. The molecular weight excluding hydrogens is 386 g/mol. The van der Waals surface area contributed by atoms with Crippen molar-refractivity contribution in [3.63, 3.8) is 0 Å².